The number of ether oxygens (including phenoxy) is 1. The average Bonchev–Trinajstić information content (AvgIpc) is 2.47. The van der Waals surface area contributed by atoms with Gasteiger partial charge in [0, 0.05) is 10.5 Å². The number of halogens is 6. The van der Waals surface area contributed by atoms with Gasteiger partial charge in [0.2, 0.25) is 0 Å². The monoisotopic (exact) mass is 412 g/mol. The molecule has 0 aliphatic heterocycles. The molecule has 130 valence electrons. The van der Waals surface area contributed by atoms with Crippen LogP contribution in [0.1, 0.15) is 12.5 Å². The van der Waals surface area contributed by atoms with Crippen LogP contribution in [-0.2, 0) is 9.53 Å². The van der Waals surface area contributed by atoms with E-state index in [2.05, 4.69) is 20.7 Å². The molecule has 0 aromatic heterocycles. The summed E-state index contributed by atoms with van der Waals surface area (Å²) in [6, 6.07) is 5.32. The van der Waals surface area contributed by atoms with E-state index in [1.165, 1.54) is 19.1 Å². The molecule has 0 aliphatic rings. The van der Waals surface area contributed by atoms with E-state index >= 15 is 0 Å². The second-order valence-corrected chi connectivity index (χ2v) is 5.17. The fourth-order valence-electron chi connectivity index (χ4n) is 1.49. The number of nitrogens with one attached hydrogen (secondary N) is 1. The lowest BCUT2D eigenvalue weighted by Crippen LogP contribution is -2.41. The zero-order valence-corrected chi connectivity index (χ0v) is 13.6. The Kier molecular flexibility index (Phi) is 6.31. The first-order valence-electron chi connectivity index (χ1n) is 6.33. The highest BCUT2D eigenvalue weighted by molar-refractivity contribution is 9.10. The molecule has 0 aliphatic carbocycles. The Morgan fingerprint density at radius 2 is 2.00 bits per heavy atom. The van der Waals surface area contributed by atoms with E-state index in [1.54, 1.807) is 6.07 Å². The Bertz CT molecular complexity index is 695. The first kappa shape index (κ1) is 19.9. The predicted octanol–water partition coefficient (Wildman–Crippen LogP) is 4.38. The van der Waals surface area contributed by atoms with Crippen LogP contribution in [-0.4, -0.2) is 24.7 Å². The lowest BCUT2D eigenvalue weighted by atomic mass is 10.1. The molecule has 0 unspecified atom stereocenters. The molecule has 0 saturated heterocycles. The largest absolute Gasteiger partial charge is 0.463 e. The maximum absolute atomic E-state index is 13.6. The Labute approximate surface area is 142 Å². The number of nitriles is 1. The fraction of sp³-hybridized carbons (Fsp3) is 0.286. The summed E-state index contributed by atoms with van der Waals surface area (Å²) in [4.78, 5) is 11.3. The molecule has 1 aromatic carbocycles. The third-order valence-corrected chi connectivity index (χ3v) is 3.27. The van der Waals surface area contributed by atoms with Crippen LogP contribution in [0.25, 0.3) is 0 Å². The molecule has 0 heterocycles. The second kappa shape index (κ2) is 7.61. The van der Waals surface area contributed by atoms with Gasteiger partial charge >= 0.3 is 18.1 Å². The fourth-order valence-corrected chi connectivity index (χ4v) is 1.97. The van der Waals surface area contributed by atoms with E-state index < -0.39 is 23.8 Å². The van der Waals surface area contributed by atoms with Crippen molar-refractivity contribution in [3.8, 4) is 6.07 Å². The van der Waals surface area contributed by atoms with Crippen LogP contribution in [0.5, 0.6) is 0 Å². The van der Waals surface area contributed by atoms with Crippen LogP contribution in [0.15, 0.2) is 34.4 Å². The van der Waals surface area contributed by atoms with Gasteiger partial charge in [-0.2, -0.15) is 27.2 Å². The van der Waals surface area contributed by atoms with Crippen LogP contribution in [0, 0.1) is 11.3 Å². The first-order valence-corrected chi connectivity index (χ1v) is 7.12. The smallest absolute Gasteiger partial charge is 0.459 e. The minimum atomic E-state index is -5.92. The van der Waals surface area contributed by atoms with Gasteiger partial charge in [-0.15, -0.1) is 0 Å². The Balaban J connectivity index is 3.30. The number of carbonyl (C=O) groups is 1. The van der Waals surface area contributed by atoms with E-state index in [0.717, 1.165) is 6.07 Å². The van der Waals surface area contributed by atoms with E-state index in [-0.39, 0.29) is 28.4 Å². The topological polar surface area (TPSA) is 62.1 Å². The molecule has 0 spiro atoms. The van der Waals surface area contributed by atoms with Crippen LogP contribution in [0.3, 0.4) is 0 Å². The summed E-state index contributed by atoms with van der Waals surface area (Å²) < 4.78 is 69.5. The first-order chi connectivity index (χ1) is 11.0. The molecule has 1 aromatic rings. The van der Waals surface area contributed by atoms with Gasteiger partial charge in [0.25, 0.3) is 0 Å². The second-order valence-electron chi connectivity index (χ2n) is 4.31. The Hall–Kier alpha value is -2.15. The lowest BCUT2D eigenvalue weighted by Gasteiger charge is -2.24. The number of hydrogen-bond donors (Lipinski definition) is 1. The zero-order valence-electron chi connectivity index (χ0n) is 12.0. The Morgan fingerprint density at radius 3 is 2.46 bits per heavy atom. The van der Waals surface area contributed by atoms with Gasteiger partial charge in [0.05, 0.1) is 23.9 Å². The molecule has 10 heteroatoms. The molecule has 0 saturated carbocycles. The highest BCUT2D eigenvalue weighted by Crippen LogP contribution is 2.42. The Morgan fingerprint density at radius 1 is 1.38 bits per heavy atom. The van der Waals surface area contributed by atoms with Gasteiger partial charge in [-0.1, -0.05) is 0 Å². The van der Waals surface area contributed by atoms with Gasteiger partial charge in [0.1, 0.15) is 5.70 Å². The van der Waals surface area contributed by atoms with Gasteiger partial charge in [-0.3, -0.25) is 0 Å². The molecule has 1 N–H and O–H groups in total. The third-order valence-electron chi connectivity index (χ3n) is 2.61. The molecule has 1 rings (SSSR count). The van der Waals surface area contributed by atoms with Crippen molar-refractivity contribution in [3.63, 3.8) is 0 Å². The summed E-state index contributed by atoms with van der Waals surface area (Å²) in [5, 5.41) is 10.6. The zero-order chi connectivity index (χ0) is 18.5. The maximum Gasteiger partial charge on any atom is 0.459 e. The van der Waals surface area contributed by atoms with E-state index in [9.17, 15) is 26.7 Å². The van der Waals surface area contributed by atoms with Crippen LogP contribution in [0.2, 0.25) is 0 Å². The average molecular weight is 413 g/mol. The minimum absolute atomic E-state index is 0.0433. The number of anilines is 1. The summed E-state index contributed by atoms with van der Waals surface area (Å²) in [6.45, 7) is 1.18. The summed E-state index contributed by atoms with van der Waals surface area (Å²) in [7, 11) is 0. The van der Waals surface area contributed by atoms with Crippen LogP contribution in [0.4, 0.5) is 27.6 Å². The van der Waals surface area contributed by atoms with Crippen molar-refractivity contribution in [1.29, 1.82) is 5.26 Å². The van der Waals surface area contributed by atoms with Crippen LogP contribution >= 0.6 is 15.9 Å². The van der Waals surface area contributed by atoms with Gasteiger partial charge in [-0.25, -0.2) is 4.79 Å². The standard InChI is InChI=1S/C14H10BrF5N2O2/c1-2-24-12(23)6-11(13(16,17)14(18,19)20)22-10-4-3-8(7-21)5-9(10)15/h3-6,22H,2H2,1H3/b11-6-. The molecule has 4 nitrogen and oxygen atoms in total. The van der Waals surface area contributed by atoms with Crippen molar-refractivity contribution in [2.75, 3.05) is 11.9 Å². The van der Waals surface area contributed by atoms with E-state index in [0.29, 0.717) is 0 Å². The molecular formula is C14H10BrF5N2O2. The van der Waals surface area contributed by atoms with Crippen molar-refractivity contribution >= 4 is 27.6 Å². The van der Waals surface area contributed by atoms with Gasteiger partial charge in [-0.05, 0) is 41.1 Å². The summed E-state index contributed by atoms with van der Waals surface area (Å²) in [5.41, 5.74) is -1.72. The summed E-state index contributed by atoms with van der Waals surface area (Å²) >= 11 is 2.95. The number of esters is 1. The van der Waals surface area contributed by atoms with Gasteiger partial charge < -0.3 is 10.1 Å². The summed E-state index contributed by atoms with van der Waals surface area (Å²) in [5.74, 6) is -6.67. The summed E-state index contributed by atoms with van der Waals surface area (Å²) in [6.07, 6.45) is -5.88. The number of rotatable bonds is 5. The molecule has 0 radical (unpaired) electrons. The molecular weight excluding hydrogens is 403 g/mol. The lowest BCUT2D eigenvalue weighted by molar-refractivity contribution is -0.263. The molecule has 0 amide bonds. The normalized spacial score (nSPS) is 12.5. The quantitative estimate of drug-likeness (QED) is 0.442. The van der Waals surface area contributed by atoms with Crippen molar-refractivity contribution in [2.24, 2.45) is 0 Å². The van der Waals surface area contributed by atoms with Crippen molar-refractivity contribution in [1.82, 2.24) is 0 Å². The highest BCUT2D eigenvalue weighted by atomic mass is 79.9. The molecule has 0 bridgehead atoms. The van der Waals surface area contributed by atoms with Crippen molar-refractivity contribution < 1.29 is 31.5 Å². The third kappa shape index (κ3) is 4.67. The van der Waals surface area contributed by atoms with E-state index in [1.807, 2.05) is 5.32 Å². The molecule has 0 atom stereocenters. The number of alkyl halides is 5. The predicted molar refractivity (Wildman–Crippen MR) is 78.2 cm³/mol. The number of hydrogen-bond acceptors (Lipinski definition) is 4. The SMILES string of the molecule is CCOC(=O)/C=C(\Nc1ccc(C#N)cc1Br)C(F)(F)C(F)(F)F. The maximum atomic E-state index is 13.6. The number of nitrogens with zero attached hydrogens (tertiary/aromatic N) is 1. The van der Waals surface area contributed by atoms with Crippen molar-refractivity contribution in [3.05, 3.63) is 40.0 Å². The van der Waals surface area contributed by atoms with Crippen LogP contribution < -0.4 is 5.32 Å². The molecule has 0 fully saturated rings. The molecule has 24 heavy (non-hydrogen) atoms. The minimum Gasteiger partial charge on any atom is -0.463 e. The van der Waals surface area contributed by atoms with E-state index in [4.69, 9.17) is 5.26 Å². The van der Waals surface area contributed by atoms with Crippen molar-refractivity contribution in [2.45, 2.75) is 19.0 Å². The highest BCUT2D eigenvalue weighted by Gasteiger charge is 2.60. The number of carbonyl (C=O) groups excluding carboxylic acids is 1. The number of benzene rings is 1. The van der Waals surface area contributed by atoms with Gasteiger partial charge in [0.15, 0.2) is 0 Å². The number of allylic oxidation sites excluding steroid dienone is 1.